The Balaban J connectivity index is 1.81. The van der Waals surface area contributed by atoms with Gasteiger partial charge in [0.05, 0.1) is 11.6 Å². The van der Waals surface area contributed by atoms with E-state index in [0.29, 0.717) is 12.1 Å². The third-order valence-corrected chi connectivity index (χ3v) is 6.46. The molecule has 3 rings (SSSR count). The summed E-state index contributed by atoms with van der Waals surface area (Å²) in [6, 6.07) is 17.2. The molecule has 0 aliphatic heterocycles. The van der Waals surface area contributed by atoms with Crippen molar-refractivity contribution < 1.29 is 19.5 Å². The van der Waals surface area contributed by atoms with Gasteiger partial charge in [0.25, 0.3) is 0 Å². The van der Waals surface area contributed by atoms with Gasteiger partial charge in [-0.05, 0) is 48.4 Å². The summed E-state index contributed by atoms with van der Waals surface area (Å²) >= 11 is 0. The van der Waals surface area contributed by atoms with Crippen molar-refractivity contribution in [3.63, 3.8) is 0 Å². The van der Waals surface area contributed by atoms with Gasteiger partial charge < -0.3 is 15.3 Å². The number of hydrogen-bond acceptors (Lipinski definition) is 4. The molecule has 0 heterocycles. The molecule has 178 valence electrons. The van der Waals surface area contributed by atoms with Crippen LogP contribution in [0, 0.1) is 23.2 Å². The molecule has 1 aliphatic rings. The third kappa shape index (κ3) is 6.67. The maximum absolute atomic E-state index is 13.4. The highest BCUT2D eigenvalue weighted by Crippen LogP contribution is 2.27. The monoisotopic (exact) mass is 461 g/mol. The summed E-state index contributed by atoms with van der Waals surface area (Å²) in [6.45, 7) is 0.335. The number of rotatable bonds is 9. The number of benzene rings is 2. The van der Waals surface area contributed by atoms with Gasteiger partial charge in [-0.3, -0.25) is 9.59 Å². The number of hydrogen-bond donors (Lipinski definition) is 2. The molecule has 2 aromatic carbocycles. The van der Waals surface area contributed by atoms with E-state index in [1.807, 2.05) is 30.3 Å². The molecule has 2 N–H and O–H groups in total. The molecule has 2 atom stereocenters. The second-order valence-electron chi connectivity index (χ2n) is 8.97. The predicted molar refractivity (Wildman–Crippen MR) is 127 cm³/mol. The summed E-state index contributed by atoms with van der Waals surface area (Å²) in [5.74, 6) is -3.23. The van der Waals surface area contributed by atoms with Crippen LogP contribution in [0.15, 0.2) is 54.6 Å². The van der Waals surface area contributed by atoms with E-state index in [2.05, 4.69) is 11.4 Å². The first-order valence-corrected chi connectivity index (χ1v) is 11.7. The van der Waals surface area contributed by atoms with Crippen LogP contribution in [0.25, 0.3) is 0 Å². The van der Waals surface area contributed by atoms with Gasteiger partial charge in [-0.25, -0.2) is 4.79 Å². The molecular weight excluding hydrogens is 430 g/mol. The molecule has 1 fully saturated rings. The zero-order valence-corrected chi connectivity index (χ0v) is 19.4. The fourth-order valence-electron chi connectivity index (χ4n) is 4.55. The number of amides is 2. The lowest BCUT2D eigenvalue weighted by molar-refractivity contribution is -0.148. The molecular formula is C27H31N3O4. The van der Waals surface area contributed by atoms with Crippen LogP contribution in [-0.4, -0.2) is 40.9 Å². The van der Waals surface area contributed by atoms with E-state index in [9.17, 15) is 19.5 Å². The number of carbonyl (C=O) groups excluding carboxylic acids is 2. The summed E-state index contributed by atoms with van der Waals surface area (Å²) < 4.78 is 0. The Bertz CT molecular complexity index is 1020. The Morgan fingerprint density at radius 3 is 2.26 bits per heavy atom. The van der Waals surface area contributed by atoms with Gasteiger partial charge in [-0.2, -0.15) is 5.26 Å². The number of carboxylic acids is 1. The normalized spacial score (nSPS) is 15.5. The van der Waals surface area contributed by atoms with Crippen molar-refractivity contribution in [3.05, 3.63) is 71.3 Å². The highest BCUT2D eigenvalue weighted by Gasteiger charge is 2.36. The molecule has 2 amide bonds. The minimum Gasteiger partial charge on any atom is -0.480 e. The first kappa shape index (κ1) is 25.0. The molecule has 1 aliphatic carbocycles. The number of nitrogens with zero attached hydrogens (tertiary/aromatic N) is 2. The van der Waals surface area contributed by atoms with Crippen LogP contribution in [0.5, 0.6) is 0 Å². The van der Waals surface area contributed by atoms with E-state index < -0.39 is 23.8 Å². The van der Waals surface area contributed by atoms with E-state index >= 15 is 0 Å². The summed E-state index contributed by atoms with van der Waals surface area (Å²) in [5.41, 5.74) is 2.15. The van der Waals surface area contributed by atoms with Crippen LogP contribution >= 0.6 is 0 Å². The van der Waals surface area contributed by atoms with Gasteiger partial charge in [0.2, 0.25) is 11.8 Å². The molecule has 0 spiro atoms. The topological polar surface area (TPSA) is 111 Å². The molecule has 0 bridgehead atoms. The third-order valence-electron chi connectivity index (χ3n) is 6.46. The Hall–Kier alpha value is -3.66. The maximum atomic E-state index is 13.4. The van der Waals surface area contributed by atoms with Crippen molar-refractivity contribution in [2.45, 2.75) is 51.1 Å². The maximum Gasteiger partial charge on any atom is 0.326 e. The average Bonchev–Trinajstić information content (AvgIpc) is 2.86. The fraction of sp³-hybridized carbons (Fsp3) is 0.407. The van der Waals surface area contributed by atoms with E-state index in [1.54, 1.807) is 31.3 Å². The van der Waals surface area contributed by atoms with Crippen molar-refractivity contribution in [3.8, 4) is 6.07 Å². The number of carbonyl (C=O) groups is 3. The largest absolute Gasteiger partial charge is 0.480 e. The average molecular weight is 462 g/mol. The lowest BCUT2D eigenvalue weighted by Gasteiger charge is -2.30. The minimum atomic E-state index is -1.08. The number of nitrogens with one attached hydrogen (secondary N) is 1. The number of aliphatic carboxylic acids is 1. The SMILES string of the molecule is CN(Cc1ccccc1)C(=O)[C@H](Cc1ccc(C#N)cc1)C(=O)N[C@H](C(=O)O)C1CCCCC1. The molecule has 0 aromatic heterocycles. The standard InChI is InChI=1S/C27H31N3O4/c1-30(18-21-8-4-2-5-9-21)26(32)23(16-19-12-14-20(17-28)15-13-19)25(31)29-24(27(33)34)22-10-6-3-7-11-22/h2,4-5,8-9,12-15,22-24H,3,6-7,10-11,16,18H2,1H3,(H,29,31)(H,33,34)/t23-,24+/m1/s1. The first-order chi connectivity index (χ1) is 16.4. The quantitative estimate of drug-likeness (QED) is 0.555. The summed E-state index contributed by atoms with van der Waals surface area (Å²) in [6.07, 6.45) is 4.57. The zero-order valence-electron chi connectivity index (χ0n) is 19.4. The van der Waals surface area contributed by atoms with E-state index in [0.717, 1.165) is 43.2 Å². The molecule has 2 aromatic rings. The van der Waals surface area contributed by atoms with Gasteiger partial charge in [0.1, 0.15) is 12.0 Å². The first-order valence-electron chi connectivity index (χ1n) is 11.7. The van der Waals surface area contributed by atoms with Gasteiger partial charge in [-0.15, -0.1) is 0 Å². The molecule has 7 nitrogen and oxygen atoms in total. The van der Waals surface area contributed by atoms with Crippen molar-refractivity contribution in [1.29, 1.82) is 5.26 Å². The molecule has 1 saturated carbocycles. The van der Waals surface area contributed by atoms with E-state index in [-0.39, 0.29) is 18.2 Å². The Kier molecular flexibility index (Phi) is 8.80. The minimum absolute atomic E-state index is 0.118. The van der Waals surface area contributed by atoms with Crippen LogP contribution in [0.3, 0.4) is 0 Å². The van der Waals surface area contributed by atoms with Gasteiger partial charge in [-0.1, -0.05) is 61.7 Å². The lowest BCUT2D eigenvalue weighted by Crippen LogP contribution is -2.51. The number of nitriles is 1. The van der Waals surface area contributed by atoms with Crippen LogP contribution in [0.4, 0.5) is 0 Å². The van der Waals surface area contributed by atoms with Crippen molar-refractivity contribution in [1.82, 2.24) is 10.2 Å². The summed E-state index contributed by atoms with van der Waals surface area (Å²) in [5, 5.41) is 21.5. The molecule has 0 unspecified atom stereocenters. The summed E-state index contributed by atoms with van der Waals surface area (Å²) in [4.78, 5) is 40.3. The molecule has 0 radical (unpaired) electrons. The van der Waals surface area contributed by atoms with Crippen molar-refractivity contribution in [2.24, 2.45) is 11.8 Å². The van der Waals surface area contributed by atoms with Crippen LogP contribution in [0.2, 0.25) is 0 Å². The zero-order chi connectivity index (χ0) is 24.5. The highest BCUT2D eigenvalue weighted by molar-refractivity contribution is 6.01. The highest BCUT2D eigenvalue weighted by atomic mass is 16.4. The summed E-state index contributed by atoms with van der Waals surface area (Å²) in [7, 11) is 1.64. The predicted octanol–water partition coefficient (Wildman–Crippen LogP) is 3.53. The second-order valence-corrected chi connectivity index (χ2v) is 8.97. The Morgan fingerprint density at radius 2 is 1.68 bits per heavy atom. The fourth-order valence-corrected chi connectivity index (χ4v) is 4.55. The number of carboxylic acid groups (broad SMARTS) is 1. The van der Waals surface area contributed by atoms with Gasteiger partial charge in [0.15, 0.2) is 0 Å². The van der Waals surface area contributed by atoms with Crippen LogP contribution in [0.1, 0.15) is 48.8 Å². The molecule has 7 heteroatoms. The van der Waals surface area contributed by atoms with Crippen molar-refractivity contribution >= 4 is 17.8 Å². The smallest absolute Gasteiger partial charge is 0.326 e. The van der Waals surface area contributed by atoms with Gasteiger partial charge >= 0.3 is 5.97 Å². The van der Waals surface area contributed by atoms with E-state index in [1.165, 1.54) is 4.90 Å². The second kappa shape index (κ2) is 12.0. The van der Waals surface area contributed by atoms with Crippen LogP contribution < -0.4 is 5.32 Å². The van der Waals surface area contributed by atoms with Gasteiger partial charge in [0, 0.05) is 13.6 Å². The Labute approximate surface area is 200 Å². The van der Waals surface area contributed by atoms with E-state index in [4.69, 9.17) is 5.26 Å². The van der Waals surface area contributed by atoms with Crippen molar-refractivity contribution in [2.75, 3.05) is 7.05 Å². The lowest BCUT2D eigenvalue weighted by atomic mass is 9.83. The Morgan fingerprint density at radius 1 is 1.03 bits per heavy atom. The molecule has 0 saturated heterocycles. The van der Waals surface area contributed by atoms with Crippen LogP contribution in [-0.2, 0) is 27.3 Å². The molecule has 34 heavy (non-hydrogen) atoms.